The van der Waals surface area contributed by atoms with Gasteiger partial charge in [-0.2, -0.15) is 0 Å². The molecule has 0 saturated carbocycles. The van der Waals surface area contributed by atoms with Gasteiger partial charge in [-0.25, -0.2) is 19.9 Å². The molecule has 0 unspecified atom stereocenters. The van der Waals surface area contributed by atoms with Gasteiger partial charge in [0.2, 0.25) is 5.89 Å². The average Bonchev–Trinajstić information content (AvgIpc) is 3.83. The standard InChI is InChI=1S/C40H22N4O2S/c1-3-9-23(10-4-1)37-42-38(44-39(43-37)26-15-17-28-27-13-7-8-14-35(27)47-36(28)20-26)25-16-18-32-29(19-25)30-21-31-34(22-33(30)45-32)46-40(41-31)24-11-5-2-6-12-24/h1-22H. The molecule has 0 atom stereocenters. The van der Waals surface area contributed by atoms with Gasteiger partial charge in [0.15, 0.2) is 23.1 Å². The number of oxazole rings is 1. The second-order valence-electron chi connectivity index (χ2n) is 11.5. The van der Waals surface area contributed by atoms with Crippen molar-refractivity contribution in [3.8, 4) is 45.6 Å². The minimum absolute atomic E-state index is 0.582. The van der Waals surface area contributed by atoms with E-state index in [9.17, 15) is 0 Å². The summed E-state index contributed by atoms with van der Waals surface area (Å²) < 4.78 is 14.9. The van der Waals surface area contributed by atoms with Crippen LogP contribution in [0.1, 0.15) is 0 Å². The van der Waals surface area contributed by atoms with Crippen molar-refractivity contribution < 1.29 is 8.83 Å². The summed E-state index contributed by atoms with van der Waals surface area (Å²) in [4.78, 5) is 19.8. The molecule has 0 radical (unpaired) electrons. The molecule has 0 spiro atoms. The van der Waals surface area contributed by atoms with Crippen molar-refractivity contribution in [3.05, 3.63) is 133 Å². The molecule has 4 heterocycles. The Hall–Kier alpha value is -6.18. The Morgan fingerprint density at radius 3 is 1.83 bits per heavy atom. The van der Waals surface area contributed by atoms with E-state index < -0.39 is 0 Å². The van der Waals surface area contributed by atoms with Crippen LogP contribution in [0.5, 0.6) is 0 Å². The SMILES string of the molecule is c1ccc(-c2nc(-c3ccc4c(c3)sc3ccccc34)nc(-c3ccc4oc5cc6oc(-c7ccccc7)nc6cc5c4c3)n2)cc1. The number of thiophene rings is 1. The van der Waals surface area contributed by atoms with Crippen molar-refractivity contribution in [1.82, 2.24) is 19.9 Å². The molecule has 7 heteroatoms. The van der Waals surface area contributed by atoms with E-state index >= 15 is 0 Å². The van der Waals surface area contributed by atoms with E-state index in [4.69, 9.17) is 28.8 Å². The lowest BCUT2D eigenvalue weighted by atomic mass is 10.1. The number of hydrogen-bond donors (Lipinski definition) is 0. The molecule has 0 bridgehead atoms. The highest BCUT2D eigenvalue weighted by Crippen LogP contribution is 2.38. The van der Waals surface area contributed by atoms with Gasteiger partial charge in [-0.3, -0.25) is 0 Å². The number of fused-ring (bicyclic) bond motifs is 7. The number of hydrogen-bond acceptors (Lipinski definition) is 7. The molecular formula is C40H22N4O2S. The number of nitrogens with zero attached hydrogens (tertiary/aromatic N) is 4. The summed E-state index contributed by atoms with van der Waals surface area (Å²) in [6, 6.07) is 45.0. The number of rotatable bonds is 4. The zero-order valence-electron chi connectivity index (χ0n) is 24.7. The molecule has 0 fully saturated rings. The van der Waals surface area contributed by atoms with E-state index in [0.717, 1.165) is 49.7 Å². The molecule has 0 aliphatic heterocycles. The van der Waals surface area contributed by atoms with Gasteiger partial charge >= 0.3 is 0 Å². The first-order valence-corrected chi connectivity index (χ1v) is 16.1. The van der Waals surface area contributed by atoms with Gasteiger partial charge < -0.3 is 8.83 Å². The minimum atomic E-state index is 0.582. The topological polar surface area (TPSA) is 77.8 Å². The molecule has 6 aromatic carbocycles. The van der Waals surface area contributed by atoms with Crippen LogP contribution in [0.25, 0.3) is 98.8 Å². The van der Waals surface area contributed by atoms with E-state index in [-0.39, 0.29) is 0 Å². The summed E-state index contributed by atoms with van der Waals surface area (Å²) in [5.74, 6) is 2.42. The van der Waals surface area contributed by atoms with Gasteiger partial charge in [-0.1, -0.05) is 78.9 Å². The first-order chi connectivity index (χ1) is 23.2. The highest BCUT2D eigenvalue weighted by atomic mass is 32.1. The summed E-state index contributed by atoms with van der Waals surface area (Å²) >= 11 is 1.78. The maximum absolute atomic E-state index is 6.28. The second kappa shape index (κ2) is 10.2. The lowest BCUT2D eigenvalue weighted by Gasteiger charge is -2.08. The smallest absolute Gasteiger partial charge is 0.227 e. The Bertz CT molecular complexity index is 2800. The fourth-order valence-corrected chi connectivity index (χ4v) is 7.40. The maximum Gasteiger partial charge on any atom is 0.227 e. The van der Waals surface area contributed by atoms with Crippen LogP contribution in [0.2, 0.25) is 0 Å². The van der Waals surface area contributed by atoms with Crippen LogP contribution in [0.3, 0.4) is 0 Å². The zero-order chi connectivity index (χ0) is 30.9. The summed E-state index contributed by atoms with van der Waals surface area (Å²) in [6.07, 6.45) is 0. The highest BCUT2D eigenvalue weighted by Gasteiger charge is 2.17. The summed E-state index contributed by atoms with van der Waals surface area (Å²) in [5.41, 5.74) is 6.63. The largest absolute Gasteiger partial charge is 0.456 e. The number of benzene rings is 6. The predicted octanol–water partition coefficient (Wildman–Crippen LogP) is 10.9. The van der Waals surface area contributed by atoms with Gasteiger partial charge in [0.25, 0.3) is 0 Å². The van der Waals surface area contributed by atoms with E-state index in [1.165, 1.54) is 20.2 Å². The van der Waals surface area contributed by atoms with Gasteiger partial charge in [0.05, 0.1) is 0 Å². The lowest BCUT2D eigenvalue weighted by molar-refractivity contribution is 0.617. The second-order valence-corrected chi connectivity index (χ2v) is 12.6. The molecule has 0 aliphatic rings. The molecule has 0 N–H and O–H groups in total. The van der Waals surface area contributed by atoms with Crippen LogP contribution in [0, 0.1) is 0 Å². The normalized spacial score (nSPS) is 11.8. The van der Waals surface area contributed by atoms with Crippen LogP contribution in [-0.2, 0) is 0 Å². The fraction of sp³-hybridized carbons (Fsp3) is 0. The Morgan fingerprint density at radius 2 is 1.02 bits per heavy atom. The Labute approximate surface area is 271 Å². The van der Waals surface area contributed by atoms with Crippen LogP contribution in [0.15, 0.2) is 142 Å². The van der Waals surface area contributed by atoms with Crippen molar-refractivity contribution in [2.75, 3.05) is 0 Å². The molecule has 0 aliphatic carbocycles. The number of aromatic nitrogens is 4. The van der Waals surface area contributed by atoms with E-state index in [0.29, 0.717) is 28.9 Å². The fourth-order valence-electron chi connectivity index (χ4n) is 6.26. The van der Waals surface area contributed by atoms with E-state index in [2.05, 4.69) is 48.5 Å². The third-order valence-corrected chi connectivity index (χ3v) is 9.70. The van der Waals surface area contributed by atoms with Crippen molar-refractivity contribution in [3.63, 3.8) is 0 Å². The first-order valence-electron chi connectivity index (χ1n) is 15.3. The van der Waals surface area contributed by atoms with Gasteiger partial charge in [-0.05, 0) is 48.5 Å². The zero-order valence-corrected chi connectivity index (χ0v) is 25.5. The van der Waals surface area contributed by atoms with Crippen molar-refractivity contribution >= 4 is 64.5 Å². The Balaban J connectivity index is 1.13. The number of furan rings is 1. The van der Waals surface area contributed by atoms with Gasteiger partial charge in [0, 0.05) is 59.3 Å². The third kappa shape index (κ3) is 4.32. The molecule has 10 aromatic rings. The molecule has 0 amide bonds. The van der Waals surface area contributed by atoms with Crippen molar-refractivity contribution in [1.29, 1.82) is 0 Å². The van der Waals surface area contributed by atoms with Crippen molar-refractivity contribution in [2.24, 2.45) is 0 Å². The Kier molecular flexibility index (Phi) is 5.64. The monoisotopic (exact) mass is 622 g/mol. The summed E-state index contributed by atoms with van der Waals surface area (Å²) in [6.45, 7) is 0. The summed E-state index contributed by atoms with van der Waals surface area (Å²) in [5, 5.41) is 4.41. The molecule has 6 nitrogen and oxygen atoms in total. The third-order valence-electron chi connectivity index (χ3n) is 8.56. The minimum Gasteiger partial charge on any atom is -0.456 e. The van der Waals surface area contributed by atoms with Gasteiger partial charge in [-0.15, -0.1) is 11.3 Å². The van der Waals surface area contributed by atoms with Crippen LogP contribution < -0.4 is 0 Å². The lowest BCUT2D eigenvalue weighted by Crippen LogP contribution is -2.00. The van der Waals surface area contributed by atoms with Crippen LogP contribution in [-0.4, -0.2) is 19.9 Å². The van der Waals surface area contributed by atoms with E-state index in [1.807, 2.05) is 84.9 Å². The molecule has 4 aromatic heterocycles. The summed E-state index contributed by atoms with van der Waals surface area (Å²) in [7, 11) is 0. The van der Waals surface area contributed by atoms with Crippen LogP contribution >= 0.6 is 11.3 Å². The highest BCUT2D eigenvalue weighted by molar-refractivity contribution is 7.25. The molecule has 0 saturated heterocycles. The molecule has 220 valence electrons. The quantitative estimate of drug-likeness (QED) is 0.194. The molecular weight excluding hydrogens is 601 g/mol. The molecule has 10 rings (SSSR count). The predicted molar refractivity (Wildman–Crippen MR) is 189 cm³/mol. The molecule has 47 heavy (non-hydrogen) atoms. The average molecular weight is 623 g/mol. The van der Waals surface area contributed by atoms with Crippen molar-refractivity contribution in [2.45, 2.75) is 0 Å². The maximum atomic E-state index is 6.28. The van der Waals surface area contributed by atoms with Crippen LogP contribution in [0.4, 0.5) is 0 Å². The van der Waals surface area contributed by atoms with E-state index in [1.54, 1.807) is 11.3 Å². The first kappa shape index (κ1) is 26.1. The van der Waals surface area contributed by atoms with Gasteiger partial charge in [0.1, 0.15) is 16.7 Å². The Morgan fingerprint density at radius 1 is 0.383 bits per heavy atom.